The van der Waals surface area contributed by atoms with E-state index in [4.69, 9.17) is 10.8 Å². The topological polar surface area (TPSA) is 79.1 Å². The minimum Gasteiger partial charge on any atom is -0.478 e. The molecule has 0 unspecified atom stereocenters. The van der Waals surface area contributed by atoms with Crippen molar-refractivity contribution in [1.29, 1.82) is 0 Å². The fourth-order valence-corrected chi connectivity index (χ4v) is 0.535. The van der Waals surface area contributed by atoms with Gasteiger partial charge in [-0.1, -0.05) is 0 Å². The van der Waals surface area contributed by atoms with Gasteiger partial charge in [0.1, 0.15) is 5.82 Å². The van der Waals surface area contributed by atoms with Crippen molar-refractivity contribution in [1.82, 2.24) is 4.98 Å². The minimum absolute atomic E-state index is 0.188. The highest BCUT2D eigenvalue weighted by molar-refractivity contribution is 5.88. The van der Waals surface area contributed by atoms with E-state index in [1.165, 1.54) is 12.3 Å². The van der Waals surface area contributed by atoms with Gasteiger partial charge in [0.15, 0.2) is 0 Å². The van der Waals surface area contributed by atoms with Gasteiger partial charge in [0.05, 0.1) is 5.56 Å². The van der Waals surface area contributed by atoms with E-state index >= 15 is 0 Å². The first-order valence-corrected chi connectivity index (χ1v) is 2.37. The molecule has 1 aromatic rings. The van der Waals surface area contributed by atoms with Crippen LogP contribution < -0.4 is 5.73 Å². The summed E-state index contributed by atoms with van der Waals surface area (Å²) in [7, 11) is 0. The largest absolute Gasteiger partial charge is 0.478 e. The van der Waals surface area contributed by atoms with Gasteiger partial charge < -0.3 is 15.8 Å². The number of anilines is 1. The van der Waals surface area contributed by atoms with Gasteiger partial charge in [0.25, 0.3) is 0 Å². The van der Waals surface area contributed by atoms with Gasteiger partial charge in [0.2, 0.25) is 0 Å². The molecule has 0 aromatic carbocycles. The maximum Gasteiger partial charge on any atom is 0.337 e. The van der Waals surface area contributed by atoms with Crippen molar-refractivity contribution in [2.45, 2.75) is 0 Å². The third-order valence-electron chi connectivity index (χ3n) is 0.952. The SMILES string of the molecule is Nc1cc(C(=O)O)c[nH]1. The quantitative estimate of drug-likeness (QED) is 0.506. The molecule has 4 nitrogen and oxygen atoms in total. The van der Waals surface area contributed by atoms with E-state index in [2.05, 4.69) is 4.98 Å². The van der Waals surface area contributed by atoms with Gasteiger partial charge in [-0.3, -0.25) is 0 Å². The van der Waals surface area contributed by atoms with Gasteiger partial charge in [-0.15, -0.1) is 0 Å². The number of nitrogens with two attached hydrogens (primary N) is 1. The Morgan fingerprint density at radius 2 is 2.44 bits per heavy atom. The maximum atomic E-state index is 10.1. The number of hydrogen-bond acceptors (Lipinski definition) is 2. The van der Waals surface area contributed by atoms with E-state index in [9.17, 15) is 4.79 Å². The molecule has 1 aromatic heterocycles. The second-order valence-electron chi connectivity index (χ2n) is 1.65. The summed E-state index contributed by atoms with van der Waals surface area (Å²) in [4.78, 5) is 12.7. The molecular weight excluding hydrogens is 120 g/mol. The van der Waals surface area contributed by atoms with Gasteiger partial charge in [-0.05, 0) is 6.07 Å². The number of carbonyl (C=O) groups is 1. The summed E-state index contributed by atoms with van der Waals surface area (Å²) in [5.41, 5.74) is 5.38. The zero-order valence-corrected chi connectivity index (χ0v) is 4.59. The van der Waals surface area contributed by atoms with Gasteiger partial charge in [-0.2, -0.15) is 0 Å². The zero-order valence-electron chi connectivity index (χ0n) is 4.59. The third kappa shape index (κ3) is 1.02. The minimum atomic E-state index is -0.969. The maximum absolute atomic E-state index is 10.1. The fourth-order valence-electron chi connectivity index (χ4n) is 0.535. The first-order chi connectivity index (χ1) is 4.20. The van der Waals surface area contributed by atoms with E-state index < -0.39 is 5.97 Å². The van der Waals surface area contributed by atoms with Crippen LogP contribution >= 0.6 is 0 Å². The molecule has 4 heteroatoms. The molecular formula is C5H6N2O2. The lowest BCUT2D eigenvalue weighted by atomic mass is 10.3. The summed E-state index contributed by atoms with van der Waals surface area (Å²) in [6.45, 7) is 0. The molecule has 0 spiro atoms. The second kappa shape index (κ2) is 1.81. The lowest BCUT2D eigenvalue weighted by Crippen LogP contribution is -1.91. The average molecular weight is 126 g/mol. The highest BCUT2D eigenvalue weighted by atomic mass is 16.4. The molecule has 0 aliphatic heterocycles. The van der Waals surface area contributed by atoms with Crippen molar-refractivity contribution in [2.24, 2.45) is 0 Å². The Balaban J connectivity index is 2.98. The van der Waals surface area contributed by atoms with Crippen molar-refractivity contribution < 1.29 is 9.90 Å². The van der Waals surface area contributed by atoms with Crippen molar-refractivity contribution in [2.75, 3.05) is 5.73 Å². The second-order valence-corrected chi connectivity index (χ2v) is 1.65. The van der Waals surface area contributed by atoms with Crippen LogP contribution in [0, 0.1) is 0 Å². The molecule has 0 saturated carbocycles. The number of carboxylic acids is 1. The fraction of sp³-hybridized carbons (Fsp3) is 0. The number of aromatic amines is 1. The van der Waals surface area contributed by atoms with Crippen LogP contribution in [0.3, 0.4) is 0 Å². The number of nitrogen functional groups attached to an aromatic ring is 1. The molecule has 1 heterocycles. The molecule has 0 atom stereocenters. The Labute approximate surface area is 51.3 Å². The normalized spacial score (nSPS) is 9.33. The molecule has 48 valence electrons. The monoisotopic (exact) mass is 126 g/mol. The average Bonchev–Trinajstić information content (AvgIpc) is 2.14. The lowest BCUT2D eigenvalue weighted by molar-refractivity contribution is 0.0697. The van der Waals surface area contributed by atoms with Gasteiger partial charge >= 0.3 is 5.97 Å². The van der Waals surface area contributed by atoms with E-state index in [0.717, 1.165) is 0 Å². The molecule has 0 bridgehead atoms. The summed E-state index contributed by atoms with van der Waals surface area (Å²) in [6, 6.07) is 1.36. The number of aromatic carboxylic acids is 1. The molecule has 1 rings (SSSR count). The highest BCUT2D eigenvalue weighted by Crippen LogP contribution is 2.02. The van der Waals surface area contributed by atoms with E-state index in [1.807, 2.05) is 0 Å². The first-order valence-electron chi connectivity index (χ1n) is 2.37. The number of H-pyrrole nitrogens is 1. The molecule has 0 fully saturated rings. The molecule has 4 N–H and O–H groups in total. The number of aromatic nitrogens is 1. The highest BCUT2D eigenvalue weighted by Gasteiger charge is 2.02. The van der Waals surface area contributed by atoms with Crippen LogP contribution in [0.5, 0.6) is 0 Å². The third-order valence-corrected chi connectivity index (χ3v) is 0.952. The van der Waals surface area contributed by atoms with Crippen LogP contribution in [0.25, 0.3) is 0 Å². The molecule has 0 aliphatic rings. The van der Waals surface area contributed by atoms with Crippen LogP contribution in [0.15, 0.2) is 12.3 Å². The number of carboxylic acid groups (broad SMARTS) is 1. The zero-order chi connectivity index (χ0) is 6.85. The molecule has 0 amide bonds. The Morgan fingerprint density at radius 1 is 1.78 bits per heavy atom. The van der Waals surface area contributed by atoms with Crippen molar-refractivity contribution in [3.05, 3.63) is 17.8 Å². The van der Waals surface area contributed by atoms with E-state index in [-0.39, 0.29) is 5.56 Å². The lowest BCUT2D eigenvalue weighted by Gasteiger charge is -1.79. The number of rotatable bonds is 1. The van der Waals surface area contributed by atoms with Gasteiger partial charge in [-0.25, -0.2) is 4.79 Å². The summed E-state index contributed by atoms with van der Waals surface area (Å²) in [5, 5.41) is 8.32. The van der Waals surface area contributed by atoms with Crippen molar-refractivity contribution in [3.8, 4) is 0 Å². The van der Waals surface area contributed by atoms with Crippen LogP contribution in [-0.2, 0) is 0 Å². The van der Waals surface area contributed by atoms with Crippen molar-refractivity contribution >= 4 is 11.8 Å². The predicted molar refractivity (Wildman–Crippen MR) is 32.2 cm³/mol. The van der Waals surface area contributed by atoms with Crippen LogP contribution in [0.1, 0.15) is 10.4 Å². The Kier molecular flexibility index (Phi) is 1.14. The van der Waals surface area contributed by atoms with Crippen LogP contribution in [0.4, 0.5) is 5.82 Å². The predicted octanol–water partition coefficient (Wildman–Crippen LogP) is 0.295. The van der Waals surface area contributed by atoms with Crippen molar-refractivity contribution in [3.63, 3.8) is 0 Å². The number of nitrogens with one attached hydrogen (secondary N) is 1. The summed E-state index contributed by atoms with van der Waals surface area (Å²) < 4.78 is 0. The van der Waals surface area contributed by atoms with E-state index in [1.54, 1.807) is 0 Å². The molecule has 0 radical (unpaired) electrons. The smallest absolute Gasteiger partial charge is 0.337 e. The molecule has 9 heavy (non-hydrogen) atoms. The summed E-state index contributed by atoms with van der Waals surface area (Å²) >= 11 is 0. The number of hydrogen-bond donors (Lipinski definition) is 3. The van der Waals surface area contributed by atoms with Gasteiger partial charge in [0, 0.05) is 6.20 Å². The summed E-state index contributed by atoms with van der Waals surface area (Å²) in [6.07, 6.45) is 1.34. The van der Waals surface area contributed by atoms with Crippen LogP contribution in [0.2, 0.25) is 0 Å². The molecule has 0 saturated heterocycles. The first kappa shape index (κ1) is 5.68. The van der Waals surface area contributed by atoms with Crippen LogP contribution in [-0.4, -0.2) is 16.1 Å². The Hall–Kier alpha value is -1.45. The Morgan fingerprint density at radius 3 is 2.67 bits per heavy atom. The standard InChI is InChI=1S/C5H6N2O2/c6-4-1-3(2-7-4)5(8)9/h1-2,7H,6H2,(H,8,9). The molecule has 0 aliphatic carbocycles. The van der Waals surface area contributed by atoms with E-state index in [0.29, 0.717) is 5.82 Å². The summed E-state index contributed by atoms with van der Waals surface area (Å²) in [5.74, 6) is -0.602. The Bertz CT molecular complexity index is 229.